The third kappa shape index (κ3) is 3.99. The van der Waals surface area contributed by atoms with Crippen LogP contribution in [0.1, 0.15) is 18.1 Å². The first kappa shape index (κ1) is 20.9. The van der Waals surface area contributed by atoms with Gasteiger partial charge in [-0.2, -0.15) is 0 Å². The molecule has 29 heavy (non-hydrogen) atoms. The molecule has 1 aliphatic rings. The van der Waals surface area contributed by atoms with E-state index in [0.29, 0.717) is 27.2 Å². The molecule has 4 amide bonds. The van der Waals surface area contributed by atoms with E-state index in [9.17, 15) is 19.5 Å². The molecule has 0 bridgehead atoms. The first-order valence-electron chi connectivity index (χ1n) is 8.56. The van der Waals surface area contributed by atoms with Crippen LogP contribution in [0.25, 0.3) is 6.08 Å². The molecular weight excluding hydrogens is 464 g/mol. The number of urea groups is 1. The predicted octanol–water partition coefficient (Wildman–Crippen LogP) is 4.18. The van der Waals surface area contributed by atoms with Gasteiger partial charge in [0, 0.05) is 9.50 Å². The number of halogens is 2. The molecule has 9 heteroatoms. The Kier molecular flexibility index (Phi) is 5.95. The number of carbonyl (C=O) groups is 3. The Balaban J connectivity index is 2.09. The highest BCUT2D eigenvalue weighted by molar-refractivity contribution is 9.10. The number of benzene rings is 2. The predicted molar refractivity (Wildman–Crippen MR) is 112 cm³/mol. The number of ether oxygens (including phenoxy) is 1. The average Bonchev–Trinajstić information content (AvgIpc) is 2.65. The van der Waals surface area contributed by atoms with Gasteiger partial charge in [-0.3, -0.25) is 14.9 Å². The van der Waals surface area contributed by atoms with E-state index >= 15 is 0 Å². The topological polar surface area (TPSA) is 95.9 Å². The van der Waals surface area contributed by atoms with Crippen LogP contribution in [0.3, 0.4) is 0 Å². The minimum atomic E-state index is -0.859. The molecule has 7 nitrogen and oxygen atoms in total. The largest absolute Gasteiger partial charge is 0.504 e. The van der Waals surface area contributed by atoms with E-state index in [1.54, 1.807) is 32.0 Å². The molecule has 0 saturated carbocycles. The number of aromatic hydroxyl groups is 1. The van der Waals surface area contributed by atoms with Gasteiger partial charge in [-0.15, -0.1) is 0 Å². The lowest BCUT2D eigenvalue weighted by Gasteiger charge is -2.27. The highest BCUT2D eigenvalue weighted by Gasteiger charge is 2.37. The first-order chi connectivity index (χ1) is 13.7. The molecule has 2 aromatic rings. The summed E-state index contributed by atoms with van der Waals surface area (Å²) in [7, 11) is 0. The van der Waals surface area contributed by atoms with Crippen molar-refractivity contribution in [3.63, 3.8) is 0 Å². The summed E-state index contributed by atoms with van der Waals surface area (Å²) in [5.41, 5.74) is 0.966. The molecule has 1 fully saturated rings. The highest BCUT2D eigenvalue weighted by Crippen LogP contribution is 2.35. The van der Waals surface area contributed by atoms with E-state index in [1.165, 1.54) is 18.2 Å². The molecule has 1 aliphatic heterocycles. The zero-order chi connectivity index (χ0) is 21.3. The van der Waals surface area contributed by atoms with Crippen LogP contribution in [-0.4, -0.2) is 29.6 Å². The summed E-state index contributed by atoms with van der Waals surface area (Å²) in [6.07, 6.45) is 1.32. The zero-order valence-corrected chi connectivity index (χ0v) is 17.8. The van der Waals surface area contributed by atoms with E-state index < -0.39 is 17.8 Å². The van der Waals surface area contributed by atoms with Gasteiger partial charge in [-0.1, -0.05) is 33.6 Å². The Hall–Kier alpha value is -2.84. The van der Waals surface area contributed by atoms with Gasteiger partial charge in [0.15, 0.2) is 11.5 Å². The van der Waals surface area contributed by atoms with E-state index in [1.807, 2.05) is 0 Å². The van der Waals surface area contributed by atoms with Crippen LogP contribution >= 0.6 is 27.5 Å². The van der Waals surface area contributed by atoms with Gasteiger partial charge in [0.25, 0.3) is 11.8 Å². The van der Waals surface area contributed by atoms with Crippen molar-refractivity contribution in [2.75, 3.05) is 11.5 Å². The highest BCUT2D eigenvalue weighted by atomic mass is 79.9. The number of imide groups is 2. The molecule has 2 N–H and O–H groups in total. The van der Waals surface area contributed by atoms with Crippen LogP contribution < -0.4 is 15.0 Å². The minimum absolute atomic E-state index is 0.0911. The number of phenols is 1. The van der Waals surface area contributed by atoms with Crippen molar-refractivity contribution < 1.29 is 24.2 Å². The third-order valence-electron chi connectivity index (χ3n) is 4.26. The van der Waals surface area contributed by atoms with Crippen LogP contribution in [0.2, 0.25) is 5.02 Å². The van der Waals surface area contributed by atoms with Gasteiger partial charge in [-0.05, 0) is 55.3 Å². The normalized spacial score (nSPS) is 15.7. The fraction of sp³-hybridized carbons (Fsp3) is 0.150. The van der Waals surface area contributed by atoms with Crippen molar-refractivity contribution in [3.8, 4) is 11.5 Å². The van der Waals surface area contributed by atoms with Crippen molar-refractivity contribution in [1.29, 1.82) is 0 Å². The Bertz CT molecular complexity index is 1070. The maximum absolute atomic E-state index is 13.0. The smallest absolute Gasteiger partial charge is 0.335 e. The van der Waals surface area contributed by atoms with E-state index in [4.69, 9.17) is 16.3 Å². The number of anilines is 1. The number of nitrogens with zero attached hydrogens (tertiary/aromatic N) is 1. The number of phenolic OH excluding ortho intramolecular Hbond substituents is 1. The summed E-state index contributed by atoms with van der Waals surface area (Å²) >= 11 is 9.40. The standard InChI is InChI=1S/C20H16BrClN2O5/c1-3-29-17-8-11(13(21)9-16(17)25)7-12-18(26)23-20(28)24(19(12)27)15-6-4-5-14(22)10(15)2/h4-9,25H,3H2,1-2H3,(H,23,26,28)/b12-7+. The van der Waals surface area contributed by atoms with Crippen molar-refractivity contribution in [3.05, 3.63) is 56.5 Å². The fourth-order valence-corrected chi connectivity index (χ4v) is 3.43. The van der Waals surface area contributed by atoms with Gasteiger partial charge in [0.05, 0.1) is 12.3 Å². The summed E-state index contributed by atoms with van der Waals surface area (Å²) < 4.78 is 5.79. The van der Waals surface area contributed by atoms with Crippen molar-refractivity contribution >= 4 is 57.1 Å². The second kappa shape index (κ2) is 8.26. The van der Waals surface area contributed by atoms with Gasteiger partial charge in [0.2, 0.25) is 0 Å². The summed E-state index contributed by atoms with van der Waals surface area (Å²) in [5.74, 6) is -1.51. The number of rotatable bonds is 4. The van der Waals surface area contributed by atoms with E-state index in [-0.39, 0.29) is 22.8 Å². The number of hydrogen-bond acceptors (Lipinski definition) is 5. The quantitative estimate of drug-likeness (QED) is 0.507. The van der Waals surface area contributed by atoms with Crippen LogP contribution in [0, 0.1) is 6.92 Å². The number of barbiturate groups is 1. The summed E-state index contributed by atoms with van der Waals surface area (Å²) in [5, 5.41) is 12.5. The number of amides is 4. The first-order valence-corrected chi connectivity index (χ1v) is 9.73. The summed E-state index contributed by atoms with van der Waals surface area (Å²) in [6.45, 7) is 3.75. The molecule has 150 valence electrons. The van der Waals surface area contributed by atoms with Crippen LogP contribution in [0.15, 0.2) is 40.4 Å². The molecule has 0 unspecified atom stereocenters. The molecular formula is C20H16BrClN2O5. The lowest BCUT2D eigenvalue weighted by Crippen LogP contribution is -2.54. The lowest BCUT2D eigenvalue weighted by atomic mass is 10.1. The monoisotopic (exact) mass is 478 g/mol. The van der Waals surface area contributed by atoms with E-state index in [0.717, 1.165) is 4.90 Å². The molecule has 3 rings (SSSR count). The second-order valence-electron chi connectivity index (χ2n) is 6.12. The SMILES string of the molecule is CCOc1cc(/C=C2\C(=O)NC(=O)N(c3cccc(Cl)c3C)C2=O)c(Br)cc1O. The number of nitrogens with one attached hydrogen (secondary N) is 1. The summed E-state index contributed by atoms with van der Waals surface area (Å²) in [6, 6.07) is 6.83. The molecule has 0 spiro atoms. The number of hydrogen-bond donors (Lipinski definition) is 2. The molecule has 1 heterocycles. The minimum Gasteiger partial charge on any atom is -0.504 e. The van der Waals surface area contributed by atoms with Gasteiger partial charge < -0.3 is 9.84 Å². The Morgan fingerprint density at radius 3 is 2.69 bits per heavy atom. The molecule has 0 aromatic heterocycles. The van der Waals surface area contributed by atoms with Gasteiger partial charge in [-0.25, -0.2) is 9.69 Å². The second-order valence-corrected chi connectivity index (χ2v) is 7.38. The van der Waals surface area contributed by atoms with Crippen molar-refractivity contribution in [1.82, 2.24) is 5.32 Å². The Morgan fingerprint density at radius 2 is 2.00 bits per heavy atom. The maximum atomic E-state index is 13.0. The van der Waals surface area contributed by atoms with Gasteiger partial charge >= 0.3 is 6.03 Å². The lowest BCUT2D eigenvalue weighted by molar-refractivity contribution is -0.122. The molecule has 1 saturated heterocycles. The fourth-order valence-electron chi connectivity index (χ4n) is 2.81. The van der Waals surface area contributed by atoms with Crippen LogP contribution in [-0.2, 0) is 9.59 Å². The van der Waals surface area contributed by atoms with Crippen LogP contribution in [0.4, 0.5) is 10.5 Å². The average molecular weight is 480 g/mol. The van der Waals surface area contributed by atoms with Gasteiger partial charge in [0.1, 0.15) is 5.57 Å². The molecule has 0 radical (unpaired) electrons. The van der Waals surface area contributed by atoms with Crippen molar-refractivity contribution in [2.24, 2.45) is 0 Å². The molecule has 2 aromatic carbocycles. The van der Waals surface area contributed by atoms with Crippen molar-refractivity contribution in [2.45, 2.75) is 13.8 Å². The Morgan fingerprint density at radius 1 is 1.28 bits per heavy atom. The maximum Gasteiger partial charge on any atom is 0.335 e. The zero-order valence-electron chi connectivity index (χ0n) is 15.5. The Labute approximate surface area is 180 Å². The summed E-state index contributed by atoms with van der Waals surface area (Å²) in [4.78, 5) is 38.6. The third-order valence-corrected chi connectivity index (χ3v) is 5.36. The van der Waals surface area contributed by atoms with E-state index in [2.05, 4.69) is 21.2 Å². The number of carbonyl (C=O) groups excluding carboxylic acids is 3. The molecule has 0 atom stereocenters. The molecule has 0 aliphatic carbocycles. The van der Waals surface area contributed by atoms with Crippen LogP contribution in [0.5, 0.6) is 11.5 Å².